The molecule has 2 rings (SSSR count). The van der Waals surface area contributed by atoms with Crippen LogP contribution in [0.2, 0.25) is 0 Å². The molecule has 0 aliphatic rings. The zero-order valence-electron chi connectivity index (χ0n) is 6.32. The third-order valence-corrected chi connectivity index (χ3v) is 4.30. The standard InChI is InChI=1S/C7H5IN3.Po.H/c1-5-2-3-11-6(5)7(8)9-4-10-11;;/h3-4H,1H3;;. The number of hydrogen-bond acceptors (Lipinski definition) is 2. The molecular formula is C7H6IN3Po. The van der Waals surface area contributed by atoms with Gasteiger partial charge in [0.15, 0.2) is 0 Å². The van der Waals surface area contributed by atoms with Gasteiger partial charge in [0.1, 0.15) is 0 Å². The van der Waals surface area contributed by atoms with E-state index >= 15 is 0 Å². The summed E-state index contributed by atoms with van der Waals surface area (Å²) in [6, 6.07) is 0. The van der Waals surface area contributed by atoms with Crippen molar-refractivity contribution in [2.45, 2.75) is 6.92 Å². The van der Waals surface area contributed by atoms with Crippen LogP contribution in [0.5, 0.6) is 0 Å². The van der Waals surface area contributed by atoms with Crippen molar-refractivity contribution in [3.05, 3.63) is 21.8 Å². The Morgan fingerprint density at radius 3 is 3.00 bits per heavy atom. The van der Waals surface area contributed by atoms with Crippen molar-refractivity contribution in [2.75, 3.05) is 0 Å². The first-order valence-corrected chi connectivity index (χ1v) is 6.19. The van der Waals surface area contributed by atoms with Crippen LogP contribution in [0.4, 0.5) is 0 Å². The van der Waals surface area contributed by atoms with Crippen LogP contribution in [0.15, 0.2) is 12.5 Å². The second-order valence-corrected chi connectivity index (χ2v) is 5.38. The van der Waals surface area contributed by atoms with Gasteiger partial charge in [0.05, 0.1) is 0 Å². The van der Waals surface area contributed by atoms with E-state index in [2.05, 4.69) is 45.8 Å². The quantitative estimate of drug-likeness (QED) is 0.517. The molecule has 0 radical (unpaired) electrons. The molecule has 2 aromatic rings. The molecule has 0 amide bonds. The minimum absolute atomic E-state index is 1.03. The van der Waals surface area contributed by atoms with Crippen LogP contribution < -0.4 is 3.22 Å². The van der Waals surface area contributed by atoms with Crippen molar-refractivity contribution >= 4 is 56.4 Å². The average molecular weight is 468 g/mol. The van der Waals surface area contributed by atoms with Gasteiger partial charge in [-0.05, 0) is 0 Å². The Bertz CT molecular complexity index is 437. The van der Waals surface area contributed by atoms with Gasteiger partial charge in [-0.2, -0.15) is 0 Å². The van der Waals surface area contributed by atoms with Crippen molar-refractivity contribution < 1.29 is 0 Å². The minimum atomic E-state index is 1.03. The van der Waals surface area contributed by atoms with Gasteiger partial charge in [0.25, 0.3) is 0 Å². The van der Waals surface area contributed by atoms with E-state index in [0.717, 1.165) is 9.22 Å². The Labute approximate surface area is 98.8 Å². The van der Waals surface area contributed by atoms with E-state index in [1.807, 2.05) is 4.52 Å². The summed E-state index contributed by atoms with van der Waals surface area (Å²) < 4.78 is 4.30. The summed E-state index contributed by atoms with van der Waals surface area (Å²) in [5.74, 6) is 0. The van der Waals surface area contributed by atoms with E-state index in [1.165, 1.54) is 33.9 Å². The van der Waals surface area contributed by atoms with Gasteiger partial charge >= 0.3 is 99.7 Å². The van der Waals surface area contributed by atoms with E-state index in [4.69, 9.17) is 0 Å². The van der Waals surface area contributed by atoms with Crippen molar-refractivity contribution in [3.8, 4) is 0 Å². The maximum atomic E-state index is 4.15. The van der Waals surface area contributed by atoms with E-state index in [9.17, 15) is 0 Å². The van der Waals surface area contributed by atoms with Gasteiger partial charge in [-0.25, -0.2) is 0 Å². The average Bonchev–Trinajstić information content (AvgIpc) is 2.29. The fraction of sp³-hybridized carbons (Fsp3) is 0.143. The van der Waals surface area contributed by atoms with Crippen molar-refractivity contribution in [1.82, 2.24) is 14.6 Å². The summed E-state index contributed by atoms with van der Waals surface area (Å²) in [4.78, 5) is 4.15. The predicted octanol–water partition coefficient (Wildman–Crippen LogP) is 0.168. The van der Waals surface area contributed by atoms with Gasteiger partial charge in [0, 0.05) is 0 Å². The number of aryl methyl sites for hydroxylation is 1. The van der Waals surface area contributed by atoms with Crippen molar-refractivity contribution in [1.29, 1.82) is 0 Å². The number of halogens is 1. The molecular weight excluding hydrogens is 462 g/mol. The van der Waals surface area contributed by atoms with Crippen LogP contribution in [0.1, 0.15) is 5.56 Å². The van der Waals surface area contributed by atoms with Crippen molar-refractivity contribution in [2.24, 2.45) is 0 Å². The number of fused-ring (bicyclic) bond motifs is 1. The summed E-state index contributed by atoms with van der Waals surface area (Å²) in [5, 5.41) is 4.14. The third-order valence-electron chi connectivity index (χ3n) is 1.76. The molecule has 5 heteroatoms. The molecule has 0 saturated carbocycles. The summed E-state index contributed by atoms with van der Waals surface area (Å²) >= 11 is 3.51. The van der Waals surface area contributed by atoms with Crippen LogP contribution in [-0.4, -0.2) is 39.7 Å². The Morgan fingerprint density at radius 1 is 1.58 bits per heavy atom. The predicted molar refractivity (Wildman–Crippen MR) is 57.2 cm³/mol. The van der Waals surface area contributed by atoms with Crippen molar-refractivity contribution in [3.63, 3.8) is 0 Å². The molecule has 0 aromatic carbocycles. The number of aromatic nitrogens is 3. The van der Waals surface area contributed by atoms with Gasteiger partial charge < -0.3 is 0 Å². The molecule has 0 saturated heterocycles. The molecule has 12 heavy (non-hydrogen) atoms. The van der Waals surface area contributed by atoms with Crippen LogP contribution in [0.25, 0.3) is 5.52 Å². The zero-order valence-corrected chi connectivity index (χ0v) is 12.0. The third kappa shape index (κ3) is 1.27. The molecule has 0 N–H and O–H groups in total. The monoisotopic (exact) mass is 468 g/mol. The van der Waals surface area contributed by atoms with Crippen LogP contribution in [-0.2, 0) is 0 Å². The van der Waals surface area contributed by atoms with E-state index in [1.54, 1.807) is 6.33 Å². The molecule has 0 unspecified atom stereocenters. The summed E-state index contributed by atoms with van der Waals surface area (Å²) in [6.07, 6.45) is 3.66. The molecule has 0 aliphatic heterocycles. The fourth-order valence-electron chi connectivity index (χ4n) is 1.10. The topological polar surface area (TPSA) is 30.2 Å². The second kappa shape index (κ2) is 3.19. The second-order valence-electron chi connectivity index (χ2n) is 2.48. The first-order chi connectivity index (χ1) is 5.70. The first kappa shape index (κ1) is 8.83. The summed E-state index contributed by atoms with van der Waals surface area (Å²) in [5.41, 5.74) is 2.46. The van der Waals surface area contributed by atoms with E-state index in [0.29, 0.717) is 0 Å². The Hall–Kier alpha value is 0.246. The Kier molecular flexibility index (Phi) is 2.34. The Morgan fingerprint density at radius 2 is 2.33 bits per heavy atom. The molecule has 3 nitrogen and oxygen atoms in total. The summed E-state index contributed by atoms with van der Waals surface area (Å²) in [6.45, 7) is 2.12. The zero-order chi connectivity index (χ0) is 8.72. The molecule has 62 valence electrons. The van der Waals surface area contributed by atoms with Gasteiger partial charge in [0.2, 0.25) is 0 Å². The Balaban J connectivity index is 2.97. The summed E-state index contributed by atoms with van der Waals surface area (Å²) in [7, 11) is 0. The van der Waals surface area contributed by atoms with Gasteiger partial charge in [-0.3, -0.25) is 0 Å². The number of rotatable bonds is 0. The van der Waals surface area contributed by atoms with Crippen LogP contribution in [0.3, 0.4) is 0 Å². The molecule has 0 spiro atoms. The van der Waals surface area contributed by atoms with Gasteiger partial charge in [-0.1, -0.05) is 0 Å². The van der Waals surface area contributed by atoms with E-state index in [-0.39, 0.29) is 0 Å². The number of hydrogen-bond donors (Lipinski definition) is 0. The normalized spacial score (nSPS) is 10.9. The van der Waals surface area contributed by atoms with Crippen LogP contribution >= 0.6 is 22.6 Å². The maximum absolute atomic E-state index is 4.15. The fourth-order valence-corrected chi connectivity index (χ4v) is 2.72. The molecule has 2 heterocycles. The molecule has 0 atom stereocenters. The SMILES string of the molecule is Cc1[c]([PoH])cn2ncnc(I)c12. The molecule has 2 aromatic heterocycles. The van der Waals surface area contributed by atoms with Gasteiger partial charge in [-0.15, -0.1) is 0 Å². The van der Waals surface area contributed by atoms with Crippen LogP contribution in [0, 0.1) is 10.6 Å². The molecule has 0 bridgehead atoms. The molecule has 0 fully saturated rings. The van der Waals surface area contributed by atoms with E-state index < -0.39 is 0 Å². The molecule has 0 aliphatic carbocycles. The first-order valence-electron chi connectivity index (χ1n) is 3.37. The number of nitrogens with zero attached hydrogens (tertiary/aromatic N) is 3.